The standard InChI is InChI=1S/C40H72O5/c1-3-5-7-9-11-13-15-17-19-20-21-23-25-27-29-31-33-35-40(43)45-38(36-41)37-44-39(42)34-32-30-28-26-24-22-18-16-14-12-10-8-6-4-2/h11,13,17,19,21,23,38,41H,3-10,12,14-16,18,20,22,24-37H2,1-2H3/b13-11-,19-17-,23-21-/t38-/m0/s1. The number of aliphatic hydroxyl groups excluding tert-OH is 1. The lowest BCUT2D eigenvalue weighted by Crippen LogP contribution is -2.28. The van der Waals surface area contributed by atoms with Gasteiger partial charge in [-0.2, -0.15) is 0 Å². The molecule has 0 aromatic rings. The molecule has 0 fully saturated rings. The highest BCUT2D eigenvalue weighted by Crippen LogP contribution is 2.14. The van der Waals surface area contributed by atoms with Crippen molar-refractivity contribution in [1.82, 2.24) is 0 Å². The first kappa shape index (κ1) is 43.1. The molecule has 0 amide bonds. The molecule has 0 aromatic carbocycles. The van der Waals surface area contributed by atoms with Gasteiger partial charge in [-0.25, -0.2) is 0 Å². The Morgan fingerprint density at radius 2 is 0.889 bits per heavy atom. The van der Waals surface area contributed by atoms with Crippen molar-refractivity contribution in [1.29, 1.82) is 0 Å². The number of hydrogen-bond acceptors (Lipinski definition) is 5. The number of unbranched alkanes of at least 4 members (excludes halogenated alkanes) is 20. The molecule has 1 atom stereocenters. The van der Waals surface area contributed by atoms with Gasteiger partial charge in [0.1, 0.15) is 6.61 Å². The molecule has 0 bridgehead atoms. The molecular weight excluding hydrogens is 560 g/mol. The second-order valence-corrected chi connectivity index (χ2v) is 12.7. The zero-order chi connectivity index (χ0) is 32.9. The van der Waals surface area contributed by atoms with Gasteiger partial charge in [0, 0.05) is 12.8 Å². The lowest BCUT2D eigenvalue weighted by atomic mass is 10.0. The van der Waals surface area contributed by atoms with Crippen LogP contribution >= 0.6 is 0 Å². The highest BCUT2D eigenvalue weighted by molar-refractivity contribution is 5.70. The first-order valence-electron chi connectivity index (χ1n) is 19.0. The summed E-state index contributed by atoms with van der Waals surface area (Å²) in [6.07, 6.45) is 43.4. The Morgan fingerprint density at radius 3 is 1.38 bits per heavy atom. The van der Waals surface area contributed by atoms with Gasteiger partial charge in [0.05, 0.1) is 6.61 Å². The van der Waals surface area contributed by atoms with E-state index in [4.69, 9.17) is 9.47 Å². The Kier molecular flexibility index (Phi) is 35.1. The van der Waals surface area contributed by atoms with Crippen LogP contribution in [0.2, 0.25) is 0 Å². The maximum atomic E-state index is 12.1. The second-order valence-electron chi connectivity index (χ2n) is 12.7. The molecule has 0 heterocycles. The third-order valence-electron chi connectivity index (χ3n) is 8.19. The lowest BCUT2D eigenvalue weighted by molar-refractivity contribution is -0.161. The van der Waals surface area contributed by atoms with Crippen LogP contribution in [0.5, 0.6) is 0 Å². The zero-order valence-corrected chi connectivity index (χ0v) is 29.6. The number of rotatable bonds is 34. The average Bonchev–Trinajstić information content (AvgIpc) is 3.04. The Hall–Kier alpha value is -1.88. The fraction of sp³-hybridized carbons (Fsp3) is 0.800. The van der Waals surface area contributed by atoms with Gasteiger partial charge in [0.15, 0.2) is 6.10 Å². The lowest BCUT2D eigenvalue weighted by Gasteiger charge is -2.15. The summed E-state index contributed by atoms with van der Waals surface area (Å²) in [5.74, 6) is -0.613. The molecule has 0 rings (SSSR count). The third kappa shape index (κ3) is 34.8. The molecule has 262 valence electrons. The van der Waals surface area contributed by atoms with Crippen LogP contribution < -0.4 is 0 Å². The quantitative estimate of drug-likeness (QED) is 0.0434. The molecule has 0 radical (unpaired) electrons. The number of esters is 2. The van der Waals surface area contributed by atoms with E-state index in [-0.39, 0.29) is 25.2 Å². The highest BCUT2D eigenvalue weighted by Gasteiger charge is 2.16. The smallest absolute Gasteiger partial charge is 0.306 e. The molecule has 0 aliphatic rings. The van der Waals surface area contributed by atoms with E-state index in [9.17, 15) is 14.7 Å². The van der Waals surface area contributed by atoms with Crippen LogP contribution in [-0.4, -0.2) is 36.4 Å². The second kappa shape index (κ2) is 36.6. The molecule has 0 saturated carbocycles. The summed E-state index contributed by atoms with van der Waals surface area (Å²) in [6, 6.07) is 0. The van der Waals surface area contributed by atoms with Crippen LogP contribution in [0.1, 0.15) is 187 Å². The first-order chi connectivity index (χ1) is 22.1. The van der Waals surface area contributed by atoms with Crippen molar-refractivity contribution in [2.45, 2.75) is 193 Å². The van der Waals surface area contributed by atoms with Crippen molar-refractivity contribution < 1.29 is 24.2 Å². The fourth-order valence-corrected chi connectivity index (χ4v) is 5.27. The first-order valence-corrected chi connectivity index (χ1v) is 19.0. The Morgan fingerprint density at radius 1 is 0.511 bits per heavy atom. The third-order valence-corrected chi connectivity index (χ3v) is 8.19. The van der Waals surface area contributed by atoms with Crippen LogP contribution in [0, 0.1) is 0 Å². The molecule has 0 aliphatic carbocycles. The minimum atomic E-state index is -0.779. The van der Waals surface area contributed by atoms with E-state index in [1.807, 2.05) is 0 Å². The van der Waals surface area contributed by atoms with Crippen LogP contribution in [0.3, 0.4) is 0 Å². The number of carbonyl (C=O) groups is 2. The number of aliphatic hydroxyl groups is 1. The minimum absolute atomic E-state index is 0.0725. The van der Waals surface area contributed by atoms with Crippen LogP contribution in [0.25, 0.3) is 0 Å². The van der Waals surface area contributed by atoms with Gasteiger partial charge in [-0.3, -0.25) is 9.59 Å². The normalized spacial score (nSPS) is 12.5. The van der Waals surface area contributed by atoms with E-state index in [2.05, 4.69) is 50.3 Å². The Bertz CT molecular complexity index is 726. The van der Waals surface area contributed by atoms with Gasteiger partial charge in [-0.15, -0.1) is 0 Å². The van der Waals surface area contributed by atoms with Gasteiger partial charge >= 0.3 is 11.9 Å². The Labute approximate surface area is 278 Å². The van der Waals surface area contributed by atoms with Crippen LogP contribution in [0.15, 0.2) is 36.5 Å². The largest absolute Gasteiger partial charge is 0.462 e. The molecule has 0 saturated heterocycles. The topological polar surface area (TPSA) is 72.8 Å². The van der Waals surface area contributed by atoms with E-state index in [1.54, 1.807) is 0 Å². The highest BCUT2D eigenvalue weighted by atomic mass is 16.6. The summed E-state index contributed by atoms with van der Waals surface area (Å²) >= 11 is 0. The summed E-state index contributed by atoms with van der Waals surface area (Å²) in [5.41, 5.74) is 0. The van der Waals surface area contributed by atoms with Crippen molar-refractivity contribution in [3.05, 3.63) is 36.5 Å². The van der Waals surface area contributed by atoms with Gasteiger partial charge < -0.3 is 14.6 Å². The molecule has 45 heavy (non-hydrogen) atoms. The summed E-state index contributed by atoms with van der Waals surface area (Å²) in [5, 5.41) is 9.53. The van der Waals surface area contributed by atoms with Gasteiger partial charge in [0.25, 0.3) is 0 Å². The Balaban J connectivity index is 3.60. The van der Waals surface area contributed by atoms with E-state index in [1.165, 1.54) is 96.3 Å². The zero-order valence-electron chi connectivity index (χ0n) is 29.6. The predicted molar refractivity (Wildman–Crippen MR) is 191 cm³/mol. The van der Waals surface area contributed by atoms with Gasteiger partial charge in [-0.05, 0) is 51.4 Å². The summed E-state index contributed by atoms with van der Waals surface area (Å²) < 4.78 is 10.6. The molecule has 0 unspecified atom stereocenters. The maximum absolute atomic E-state index is 12.1. The van der Waals surface area contributed by atoms with E-state index in [0.717, 1.165) is 64.2 Å². The van der Waals surface area contributed by atoms with Crippen LogP contribution in [0.4, 0.5) is 0 Å². The summed E-state index contributed by atoms with van der Waals surface area (Å²) in [7, 11) is 0. The fourth-order valence-electron chi connectivity index (χ4n) is 5.27. The number of ether oxygens (including phenoxy) is 2. The van der Waals surface area contributed by atoms with Gasteiger partial charge in [-0.1, -0.05) is 159 Å². The summed E-state index contributed by atoms with van der Waals surface area (Å²) in [4.78, 5) is 24.2. The molecule has 5 nitrogen and oxygen atoms in total. The van der Waals surface area contributed by atoms with Crippen molar-refractivity contribution in [2.24, 2.45) is 0 Å². The SMILES string of the molecule is CCCCC/C=C\C/C=C\C/C=C\CCCCCCC(=O)O[C@@H](CO)COC(=O)CCCCCCCCCCCCCCCC. The van der Waals surface area contributed by atoms with Crippen molar-refractivity contribution in [2.75, 3.05) is 13.2 Å². The van der Waals surface area contributed by atoms with Crippen molar-refractivity contribution in [3.8, 4) is 0 Å². The van der Waals surface area contributed by atoms with Crippen molar-refractivity contribution in [3.63, 3.8) is 0 Å². The average molecular weight is 633 g/mol. The summed E-state index contributed by atoms with van der Waals surface area (Å²) in [6.45, 7) is 4.09. The minimum Gasteiger partial charge on any atom is -0.462 e. The molecule has 1 N–H and O–H groups in total. The van der Waals surface area contributed by atoms with E-state index >= 15 is 0 Å². The number of hydrogen-bond donors (Lipinski definition) is 1. The van der Waals surface area contributed by atoms with Gasteiger partial charge in [0.2, 0.25) is 0 Å². The number of allylic oxidation sites excluding steroid dienone is 6. The van der Waals surface area contributed by atoms with Crippen molar-refractivity contribution >= 4 is 11.9 Å². The van der Waals surface area contributed by atoms with E-state index in [0.29, 0.717) is 12.8 Å². The maximum Gasteiger partial charge on any atom is 0.306 e. The van der Waals surface area contributed by atoms with Crippen LogP contribution in [-0.2, 0) is 19.1 Å². The monoisotopic (exact) mass is 633 g/mol. The van der Waals surface area contributed by atoms with E-state index < -0.39 is 6.10 Å². The molecule has 0 aromatic heterocycles. The molecule has 0 spiro atoms. The molecular formula is C40H72O5. The molecule has 0 aliphatic heterocycles. The molecule has 5 heteroatoms. The predicted octanol–water partition coefficient (Wildman–Crippen LogP) is 11.7. The number of carbonyl (C=O) groups excluding carboxylic acids is 2.